The zero-order valence-corrected chi connectivity index (χ0v) is 7.99. The van der Waals surface area contributed by atoms with Crippen LogP contribution in [0, 0.1) is 11.8 Å². The van der Waals surface area contributed by atoms with Crippen LogP contribution in [0.2, 0.25) is 0 Å². The largest absolute Gasteiger partial charge is 0.324 e. The van der Waals surface area contributed by atoms with Gasteiger partial charge in [0, 0.05) is 11.3 Å². The fourth-order valence-electron chi connectivity index (χ4n) is 2.93. The maximum atomic E-state index is 6.33. The predicted octanol–water partition coefficient (Wildman–Crippen LogP) is 1.87. The average Bonchev–Trinajstić information content (AvgIpc) is 2.45. The maximum Gasteiger partial charge on any atom is 0.0277 e. The third kappa shape index (κ3) is 1.20. The van der Waals surface area contributed by atoms with Crippen LogP contribution in [-0.4, -0.2) is 17.5 Å². The van der Waals surface area contributed by atoms with Gasteiger partial charge >= 0.3 is 0 Å². The number of rotatable bonds is 2. The first kappa shape index (κ1) is 7.93. The molecule has 0 aromatic rings. The Morgan fingerprint density at radius 1 is 1.55 bits per heavy atom. The van der Waals surface area contributed by atoms with Gasteiger partial charge in [0.25, 0.3) is 0 Å². The highest BCUT2D eigenvalue weighted by Crippen LogP contribution is 2.50. The molecular formula is C9H17NS. The summed E-state index contributed by atoms with van der Waals surface area (Å²) in [7, 11) is 0. The molecule has 0 aromatic carbocycles. The highest BCUT2D eigenvalue weighted by atomic mass is 32.2. The van der Waals surface area contributed by atoms with Gasteiger partial charge in [-0.15, -0.1) is 0 Å². The summed E-state index contributed by atoms with van der Waals surface area (Å²) in [6.45, 7) is 0. The average molecular weight is 171 g/mol. The fourth-order valence-corrected chi connectivity index (χ4v) is 3.82. The Labute approximate surface area is 73.1 Å². The summed E-state index contributed by atoms with van der Waals surface area (Å²) < 4.78 is 0. The Kier molecular flexibility index (Phi) is 1.92. The molecule has 0 spiro atoms. The topological polar surface area (TPSA) is 26.0 Å². The number of thioether (sulfide) groups is 1. The molecule has 1 nitrogen and oxygen atoms in total. The summed E-state index contributed by atoms with van der Waals surface area (Å²) >= 11 is 1.91. The van der Waals surface area contributed by atoms with Crippen molar-refractivity contribution in [1.82, 2.24) is 0 Å². The van der Waals surface area contributed by atoms with Crippen molar-refractivity contribution in [3.63, 3.8) is 0 Å². The third-order valence-corrected chi connectivity index (χ3v) is 4.26. The van der Waals surface area contributed by atoms with Gasteiger partial charge in [0.1, 0.15) is 0 Å². The van der Waals surface area contributed by atoms with E-state index in [9.17, 15) is 0 Å². The Hall–Kier alpha value is 0.310. The quantitative estimate of drug-likeness (QED) is 0.686. The van der Waals surface area contributed by atoms with E-state index in [1.165, 1.54) is 31.4 Å². The van der Waals surface area contributed by atoms with E-state index in [0.29, 0.717) is 0 Å². The summed E-state index contributed by atoms with van der Waals surface area (Å²) in [5.74, 6) is 3.02. The summed E-state index contributed by atoms with van der Waals surface area (Å²) in [4.78, 5) is 0. The summed E-state index contributed by atoms with van der Waals surface area (Å²) in [5.41, 5.74) is 6.56. The zero-order chi connectivity index (χ0) is 7.90. The van der Waals surface area contributed by atoms with Crippen LogP contribution >= 0.6 is 11.8 Å². The molecule has 2 aliphatic carbocycles. The van der Waals surface area contributed by atoms with Crippen LogP contribution in [0.4, 0.5) is 0 Å². The van der Waals surface area contributed by atoms with Gasteiger partial charge in [-0.3, -0.25) is 0 Å². The van der Waals surface area contributed by atoms with Gasteiger partial charge in [0.05, 0.1) is 0 Å². The lowest BCUT2D eigenvalue weighted by Crippen LogP contribution is -2.47. The maximum absolute atomic E-state index is 6.33. The normalized spacial score (nSPS) is 48.5. The summed E-state index contributed by atoms with van der Waals surface area (Å²) in [6.07, 6.45) is 7.76. The van der Waals surface area contributed by atoms with E-state index in [-0.39, 0.29) is 5.54 Å². The minimum absolute atomic E-state index is 0.225. The molecule has 2 rings (SSSR count). The minimum atomic E-state index is 0.225. The SMILES string of the molecule is CSC[C@]1(N)C[C@@H]2CCC1C2. The number of fused-ring (bicyclic) bond motifs is 2. The van der Waals surface area contributed by atoms with Gasteiger partial charge in [0.2, 0.25) is 0 Å². The Morgan fingerprint density at radius 2 is 2.36 bits per heavy atom. The fraction of sp³-hybridized carbons (Fsp3) is 1.00. The number of hydrogen-bond donors (Lipinski definition) is 1. The monoisotopic (exact) mass is 171 g/mol. The molecule has 64 valence electrons. The summed E-state index contributed by atoms with van der Waals surface area (Å²) in [6, 6.07) is 0. The lowest BCUT2D eigenvalue weighted by atomic mass is 9.83. The zero-order valence-electron chi connectivity index (χ0n) is 7.18. The molecule has 2 N–H and O–H groups in total. The molecule has 0 aliphatic heterocycles. The number of nitrogens with two attached hydrogens (primary N) is 1. The molecule has 0 heterocycles. The second-order valence-corrected chi connectivity index (χ2v) is 5.11. The Bertz CT molecular complexity index is 160. The molecule has 11 heavy (non-hydrogen) atoms. The molecule has 2 fully saturated rings. The molecule has 1 unspecified atom stereocenters. The van der Waals surface area contributed by atoms with Crippen molar-refractivity contribution in [2.24, 2.45) is 17.6 Å². The predicted molar refractivity (Wildman–Crippen MR) is 50.7 cm³/mol. The van der Waals surface area contributed by atoms with Crippen LogP contribution in [-0.2, 0) is 0 Å². The molecule has 2 heteroatoms. The van der Waals surface area contributed by atoms with Gasteiger partial charge < -0.3 is 5.73 Å². The van der Waals surface area contributed by atoms with Crippen LogP contribution in [0.25, 0.3) is 0 Å². The van der Waals surface area contributed by atoms with Crippen LogP contribution in [0.15, 0.2) is 0 Å². The van der Waals surface area contributed by atoms with E-state index in [2.05, 4.69) is 6.26 Å². The van der Waals surface area contributed by atoms with E-state index in [1.807, 2.05) is 11.8 Å². The molecule has 0 radical (unpaired) electrons. The first-order valence-corrected chi connectivity index (χ1v) is 5.92. The lowest BCUT2D eigenvalue weighted by Gasteiger charge is -2.33. The molecule has 0 saturated heterocycles. The Balaban J connectivity index is 2.04. The smallest absolute Gasteiger partial charge is 0.0277 e. The minimum Gasteiger partial charge on any atom is -0.324 e. The van der Waals surface area contributed by atoms with E-state index in [0.717, 1.165) is 11.8 Å². The lowest BCUT2D eigenvalue weighted by molar-refractivity contribution is 0.303. The first-order valence-electron chi connectivity index (χ1n) is 4.52. The highest BCUT2D eigenvalue weighted by molar-refractivity contribution is 7.98. The van der Waals surface area contributed by atoms with Crippen molar-refractivity contribution in [3.05, 3.63) is 0 Å². The van der Waals surface area contributed by atoms with Crippen molar-refractivity contribution in [1.29, 1.82) is 0 Å². The van der Waals surface area contributed by atoms with Crippen LogP contribution < -0.4 is 5.73 Å². The molecule has 3 atom stereocenters. The molecule has 2 saturated carbocycles. The van der Waals surface area contributed by atoms with E-state index < -0.39 is 0 Å². The van der Waals surface area contributed by atoms with Gasteiger partial charge in [-0.1, -0.05) is 6.42 Å². The third-order valence-electron chi connectivity index (χ3n) is 3.44. The van der Waals surface area contributed by atoms with Crippen molar-refractivity contribution in [2.45, 2.75) is 31.2 Å². The van der Waals surface area contributed by atoms with E-state index in [4.69, 9.17) is 5.73 Å². The molecule has 2 bridgehead atoms. The van der Waals surface area contributed by atoms with Gasteiger partial charge in [-0.05, 0) is 37.4 Å². The van der Waals surface area contributed by atoms with Crippen LogP contribution in [0.5, 0.6) is 0 Å². The van der Waals surface area contributed by atoms with Gasteiger partial charge in [-0.25, -0.2) is 0 Å². The van der Waals surface area contributed by atoms with Crippen molar-refractivity contribution in [2.75, 3.05) is 12.0 Å². The van der Waals surface area contributed by atoms with Crippen molar-refractivity contribution in [3.8, 4) is 0 Å². The molecule has 2 aliphatic rings. The first-order chi connectivity index (χ1) is 5.24. The Morgan fingerprint density at radius 3 is 2.82 bits per heavy atom. The molecule has 0 amide bonds. The van der Waals surface area contributed by atoms with Gasteiger partial charge in [0.15, 0.2) is 0 Å². The van der Waals surface area contributed by atoms with Gasteiger partial charge in [-0.2, -0.15) is 11.8 Å². The van der Waals surface area contributed by atoms with Crippen molar-refractivity contribution < 1.29 is 0 Å². The molecule has 0 aromatic heterocycles. The van der Waals surface area contributed by atoms with Crippen LogP contribution in [0.3, 0.4) is 0 Å². The van der Waals surface area contributed by atoms with E-state index >= 15 is 0 Å². The standard InChI is InChI=1S/C9H17NS/c1-11-6-9(10)5-7-2-3-8(9)4-7/h7-8H,2-6,10H2,1H3/t7-,8?,9-/m1/s1. The van der Waals surface area contributed by atoms with Crippen LogP contribution in [0.1, 0.15) is 25.7 Å². The van der Waals surface area contributed by atoms with E-state index in [1.54, 1.807) is 0 Å². The number of hydrogen-bond acceptors (Lipinski definition) is 2. The van der Waals surface area contributed by atoms with Crippen molar-refractivity contribution >= 4 is 11.8 Å². The second kappa shape index (κ2) is 2.67. The second-order valence-electron chi connectivity index (χ2n) is 4.25. The molecular weight excluding hydrogens is 154 g/mol. The highest BCUT2D eigenvalue weighted by Gasteiger charge is 2.47. The summed E-state index contributed by atoms with van der Waals surface area (Å²) in [5, 5.41) is 0.